The van der Waals surface area contributed by atoms with Gasteiger partial charge < -0.3 is 5.32 Å². The molecular formula is C14H19NO4S. The highest BCUT2D eigenvalue weighted by Crippen LogP contribution is 2.15. The van der Waals surface area contributed by atoms with Crippen LogP contribution < -0.4 is 5.32 Å². The number of hydrogen-bond donors (Lipinski definition) is 1. The summed E-state index contributed by atoms with van der Waals surface area (Å²) in [7, 11) is -3.90. The predicted molar refractivity (Wildman–Crippen MR) is 76.5 cm³/mol. The van der Waals surface area contributed by atoms with Crippen molar-refractivity contribution in [3.8, 4) is 0 Å². The minimum Gasteiger partial charge on any atom is -0.326 e. The SMILES string of the molecule is C=C(C)C(=O)NC(CC)OS(=O)(=O)c1ccc(C)cc1. The zero-order valence-electron chi connectivity index (χ0n) is 11.8. The molecule has 5 nitrogen and oxygen atoms in total. The van der Waals surface area contributed by atoms with Crippen LogP contribution in [0.1, 0.15) is 25.8 Å². The molecule has 0 bridgehead atoms. The van der Waals surface area contributed by atoms with Gasteiger partial charge in [-0.25, -0.2) is 4.18 Å². The fourth-order valence-electron chi connectivity index (χ4n) is 1.38. The molecule has 1 aromatic carbocycles. The van der Waals surface area contributed by atoms with Gasteiger partial charge in [0.25, 0.3) is 10.1 Å². The van der Waals surface area contributed by atoms with Crippen LogP contribution in [-0.2, 0) is 19.1 Å². The van der Waals surface area contributed by atoms with Gasteiger partial charge in [0.2, 0.25) is 5.91 Å². The minimum atomic E-state index is -3.90. The Morgan fingerprint density at radius 1 is 1.35 bits per heavy atom. The van der Waals surface area contributed by atoms with Crippen molar-refractivity contribution in [2.45, 2.75) is 38.3 Å². The molecule has 0 saturated carbocycles. The van der Waals surface area contributed by atoms with Gasteiger partial charge in [0, 0.05) is 5.57 Å². The highest BCUT2D eigenvalue weighted by Gasteiger charge is 2.22. The summed E-state index contributed by atoms with van der Waals surface area (Å²) in [5.74, 6) is -0.434. The van der Waals surface area contributed by atoms with Gasteiger partial charge in [0.15, 0.2) is 0 Å². The minimum absolute atomic E-state index is 0.0612. The highest BCUT2D eigenvalue weighted by molar-refractivity contribution is 7.86. The van der Waals surface area contributed by atoms with Crippen molar-refractivity contribution in [3.05, 3.63) is 42.0 Å². The zero-order chi connectivity index (χ0) is 15.3. The molecule has 0 aromatic heterocycles. The summed E-state index contributed by atoms with van der Waals surface area (Å²) in [6.07, 6.45) is -0.588. The Bertz CT molecular complexity index is 590. The molecule has 0 saturated heterocycles. The van der Waals surface area contributed by atoms with Gasteiger partial charge in [-0.1, -0.05) is 31.2 Å². The summed E-state index contributed by atoms with van der Waals surface area (Å²) >= 11 is 0. The molecule has 1 amide bonds. The summed E-state index contributed by atoms with van der Waals surface area (Å²) in [5.41, 5.74) is 1.24. The molecule has 1 unspecified atom stereocenters. The molecule has 110 valence electrons. The Morgan fingerprint density at radius 2 is 1.90 bits per heavy atom. The first-order chi connectivity index (χ1) is 9.26. The van der Waals surface area contributed by atoms with E-state index >= 15 is 0 Å². The van der Waals surface area contributed by atoms with E-state index in [2.05, 4.69) is 11.9 Å². The third kappa shape index (κ3) is 4.47. The molecule has 6 heteroatoms. The molecule has 1 aromatic rings. The Kier molecular flexibility index (Phi) is 5.47. The molecule has 0 radical (unpaired) electrons. The van der Waals surface area contributed by atoms with E-state index in [1.165, 1.54) is 19.1 Å². The van der Waals surface area contributed by atoms with Gasteiger partial charge in [-0.2, -0.15) is 8.42 Å². The van der Waals surface area contributed by atoms with E-state index in [4.69, 9.17) is 4.18 Å². The lowest BCUT2D eigenvalue weighted by molar-refractivity contribution is -0.119. The number of carbonyl (C=O) groups is 1. The van der Waals surface area contributed by atoms with Crippen LogP contribution in [0.4, 0.5) is 0 Å². The molecule has 0 spiro atoms. The molecule has 20 heavy (non-hydrogen) atoms. The first kappa shape index (κ1) is 16.4. The Balaban J connectivity index is 2.85. The summed E-state index contributed by atoms with van der Waals surface area (Å²) in [4.78, 5) is 11.6. The van der Waals surface area contributed by atoms with Gasteiger partial charge in [0.05, 0.1) is 4.90 Å². The monoisotopic (exact) mass is 297 g/mol. The normalized spacial score (nSPS) is 12.8. The second-order valence-electron chi connectivity index (χ2n) is 4.51. The largest absolute Gasteiger partial charge is 0.326 e. The van der Waals surface area contributed by atoms with E-state index in [-0.39, 0.29) is 4.90 Å². The van der Waals surface area contributed by atoms with Gasteiger partial charge >= 0.3 is 0 Å². The lowest BCUT2D eigenvalue weighted by Gasteiger charge is -2.17. The highest BCUT2D eigenvalue weighted by atomic mass is 32.2. The molecule has 1 rings (SSSR count). The fraction of sp³-hybridized carbons (Fsp3) is 0.357. The van der Waals surface area contributed by atoms with Crippen LogP contribution in [-0.4, -0.2) is 20.6 Å². The van der Waals surface area contributed by atoms with Crippen LogP contribution in [0.25, 0.3) is 0 Å². The smallest absolute Gasteiger partial charge is 0.298 e. The maximum Gasteiger partial charge on any atom is 0.298 e. The summed E-state index contributed by atoms with van der Waals surface area (Å²) < 4.78 is 29.2. The predicted octanol–water partition coefficient (Wildman–Crippen LogP) is 2.13. The molecule has 0 aliphatic heterocycles. The maximum atomic E-state index is 12.1. The zero-order valence-corrected chi connectivity index (χ0v) is 12.7. The maximum absolute atomic E-state index is 12.1. The quantitative estimate of drug-likeness (QED) is 0.496. The average Bonchev–Trinajstić information content (AvgIpc) is 2.37. The molecule has 1 N–H and O–H groups in total. The van der Waals surface area contributed by atoms with Crippen molar-refractivity contribution in [2.24, 2.45) is 0 Å². The van der Waals surface area contributed by atoms with Crippen molar-refractivity contribution in [2.75, 3.05) is 0 Å². The van der Waals surface area contributed by atoms with E-state index < -0.39 is 22.3 Å². The second-order valence-corrected chi connectivity index (χ2v) is 6.09. The van der Waals surface area contributed by atoms with Crippen molar-refractivity contribution in [3.63, 3.8) is 0 Å². The molecule has 0 fully saturated rings. The number of carbonyl (C=O) groups excluding carboxylic acids is 1. The number of amides is 1. The second kappa shape index (κ2) is 6.67. The Labute approximate surface area is 119 Å². The van der Waals surface area contributed by atoms with E-state index in [1.54, 1.807) is 19.1 Å². The van der Waals surface area contributed by atoms with Crippen molar-refractivity contribution < 1.29 is 17.4 Å². The molecule has 1 atom stereocenters. The Morgan fingerprint density at radius 3 is 2.35 bits per heavy atom. The van der Waals surface area contributed by atoms with Crippen molar-refractivity contribution in [1.82, 2.24) is 5.32 Å². The van der Waals surface area contributed by atoms with E-state index in [0.717, 1.165) is 5.56 Å². The van der Waals surface area contributed by atoms with Gasteiger partial charge in [0.1, 0.15) is 6.23 Å². The first-order valence-corrected chi connectivity index (χ1v) is 7.63. The van der Waals surface area contributed by atoms with Crippen molar-refractivity contribution in [1.29, 1.82) is 0 Å². The first-order valence-electron chi connectivity index (χ1n) is 6.22. The van der Waals surface area contributed by atoms with Crippen LogP contribution in [0.5, 0.6) is 0 Å². The van der Waals surface area contributed by atoms with Crippen LogP contribution in [0, 0.1) is 6.92 Å². The lowest BCUT2D eigenvalue weighted by atomic mass is 10.2. The molecular weight excluding hydrogens is 278 g/mol. The third-order valence-electron chi connectivity index (χ3n) is 2.60. The van der Waals surface area contributed by atoms with E-state index in [0.29, 0.717) is 12.0 Å². The number of aryl methyl sites for hydroxylation is 1. The van der Waals surface area contributed by atoms with Crippen LogP contribution in [0.15, 0.2) is 41.3 Å². The number of benzene rings is 1. The Hall–Kier alpha value is -1.66. The van der Waals surface area contributed by atoms with Crippen LogP contribution >= 0.6 is 0 Å². The fourth-order valence-corrected chi connectivity index (χ4v) is 2.45. The topological polar surface area (TPSA) is 72.5 Å². The molecule has 0 heterocycles. The van der Waals surface area contributed by atoms with E-state index in [9.17, 15) is 13.2 Å². The molecule has 0 aliphatic carbocycles. The lowest BCUT2D eigenvalue weighted by Crippen LogP contribution is -2.38. The van der Waals surface area contributed by atoms with Crippen LogP contribution in [0.2, 0.25) is 0 Å². The number of hydrogen-bond acceptors (Lipinski definition) is 4. The standard InChI is InChI=1S/C14H19NO4S/c1-5-13(15-14(16)10(2)3)19-20(17,18)12-8-6-11(4)7-9-12/h6-9,13H,2,5H2,1,3-4H3,(H,15,16). The summed E-state index contributed by atoms with van der Waals surface area (Å²) in [6.45, 7) is 8.60. The van der Waals surface area contributed by atoms with E-state index in [1.807, 2.05) is 6.92 Å². The van der Waals surface area contributed by atoms with Gasteiger partial charge in [-0.05, 0) is 32.4 Å². The van der Waals surface area contributed by atoms with Crippen molar-refractivity contribution >= 4 is 16.0 Å². The number of nitrogens with one attached hydrogen (secondary N) is 1. The van der Waals surface area contributed by atoms with Crippen LogP contribution in [0.3, 0.4) is 0 Å². The molecule has 0 aliphatic rings. The van der Waals surface area contributed by atoms with Gasteiger partial charge in [-0.3, -0.25) is 4.79 Å². The number of rotatable bonds is 6. The third-order valence-corrected chi connectivity index (χ3v) is 3.94. The van der Waals surface area contributed by atoms with Gasteiger partial charge in [-0.15, -0.1) is 0 Å². The summed E-state index contributed by atoms with van der Waals surface area (Å²) in [6, 6.07) is 6.31. The summed E-state index contributed by atoms with van der Waals surface area (Å²) in [5, 5.41) is 2.46. The average molecular weight is 297 g/mol.